The summed E-state index contributed by atoms with van der Waals surface area (Å²) in [6, 6.07) is 9.40. The van der Waals surface area contributed by atoms with Crippen LogP contribution in [0.1, 0.15) is 21.5 Å². The molecular weight excluding hydrogens is 404 g/mol. The molecule has 0 spiro atoms. The van der Waals surface area contributed by atoms with Crippen molar-refractivity contribution in [2.24, 2.45) is 0 Å². The maximum Gasteiger partial charge on any atom is 0.263 e. The number of amides is 1. The number of benzene rings is 1. The molecule has 1 amide bonds. The summed E-state index contributed by atoms with van der Waals surface area (Å²) < 4.78 is 0. The summed E-state index contributed by atoms with van der Waals surface area (Å²) in [5.41, 5.74) is 4.53. The first-order chi connectivity index (χ1) is 15.4. The van der Waals surface area contributed by atoms with Gasteiger partial charge in [0, 0.05) is 49.9 Å². The van der Waals surface area contributed by atoms with Crippen LogP contribution in [0.2, 0.25) is 0 Å². The first kappa shape index (κ1) is 21.6. The number of hydrogen-bond acceptors (Lipinski definition) is 6. The van der Waals surface area contributed by atoms with Crippen molar-refractivity contribution < 1.29 is 4.79 Å². The van der Waals surface area contributed by atoms with Crippen LogP contribution in [0, 0.1) is 13.8 Å². The van der Waals surface area contributed by atoms with Crippen LogP contribution >= 0.6 is 0 Å². The van der Waals surface area contributed by atoms with Crippen LogP contribution in [0.15, 0.2) is 53.7 Å². The van der Waals surface area contributed by atoms with E-state index in [0.29, 0.717) is 11.4 Å². The molecule has 3 aromatic rings. The molecule has 1 aliphatic rings. The second-order valence-electron chi connectivity index (χ2n) is 8.14. The highest BCUT2D eigenvalue weighted by Gasteiger charge is 2.18. The topological polar surface area (TPSA) is 93.4 Å². The number of likely N-dealkylation sites (N-methyl/N-ethyl adjacent to an activating group) is 1. The molecule has 8 nitrogen and oxygen atoms in total. The van der Waals surface area contributed by atoms with Gasteiger partial charge in [0.05, 0.1) is 17.6 Å². The summed E-state index contributed by atoms with van der Waals surface area (Å²) in [6.45, 7) is 7.94. The molecular formula is C24H28N6O2. The van der Waals surface area contributed by atoms with Crippen molar-refractivity contribution in [2.75, 3.05) is 48.8 Å². The highest BCUT2D eigenvalue weighted by atomic mass is 16.2. The van der Waals surface area contributed by atoms with Gasteiger partial charge in [0.2, 0.25) is 0 Å². The number of nitrogens with one attached hydrogen (secondary N) is 3. The van der Waals surface area contributed by atoms with Crippen molar-refractivity contribution in [2.45, 2.75) is 13.8 Å². The molecule has 32 heavy (non-hydrogen) atoms. The predicted octanol–water partition coefficient (Wildman–Crippen LogP) is 3.13. The van der Waals surface area contributed by atoms with E-state index in [1.165, 1.54) is 6.20 Å². The first-order valence-corrected chi connectivity index (χ1v) is 10.7. The monoisotopic (exact) mass is 432 g/mol. The number of anilines is 4. The molecule has 0 bridgehead atoms. The van der Waals surface area contributed by atoms with Gasteiger partial charge in [0.25, 0.3) is 11.5 Å². The maximum absolute atomic E-state index is 13.0. The molecule has 0 radical (unpaired) electrons. The third-order valence-corrected chi connectivity index (χ3v) is 5.92. The van der Waals surface area contributed by atoms with Gasteiger partial charge in [-0.05, 0) is 62.4 Å². The minimum absolute atomic E-state index is 0.0246. The Balaban J connectivity index is 1.52. The summed E-state index contributed by atoms with van der Waals surface area (Å²) >= 11 is 0. The van der Waals surface area contributed by atoms with Gasteiger partial charge in [-0.3, -0.25) is 14.6 Å². The van der Waals surface area contributed by atoms with Gasteiger partial charge in [0.1, 0.15) is 5.56 Å². The molecule has 1 aliphatic heterocycles. The van der Waals surface area contributed by atoms with Gasteiger partial charge in [-0.2, -0.15) is 0 Å². The molecule has 8 heteroatoms. The van der Waals surface area contributed by atoms with E-state index in [0.717, 1.165) is 48.7 Å². The smallest absolute Gasteiger partial charge is 0.263 e. The number of nitrogens with zero attached hydrogens (tertiary/aromatic N) is 3. The quantitative estimate of drug-likeness (QED) is 0.574. The van der Waals surface area contributed by atoms with Crippen LogP contribution in [-0.2, 0) is 0 Å². The van der Waals surface area contributed by atoms with Crippen molar-refractivity contribution in [3.63, 3.8) is 0 Å². The lowest BCUT2D eigenvalue weighted by Gasteiger charge is -2.34. The average Bonchev–Trinajstić information content (AvgIpc) is 2.78. The standard InChI is InChI=1S/C24H28N6O2/c1-16-14-25-15-21(17(16)2)28-20-8-9-26-23(31)22(20)24(32)27-18-4-6-19(7-5-18)30-12-10-29(3)11-13-30/h4-9,14-15H,10-13H2,1-3H3,(H,27,32)(H2,26,28,31). The average molecular weight is 433 g/mol. The lowest BCUT2D eigenvalue weighted by molar-refractivity contribution is 0.102. The Morgan fingerprint density at radius 3 is 2.44 bits per heavy atom. The number of aromatic nitrogens is 2. The van der Waals surface area contributed by atoms with Gasteiger partial charge in [0.15, 0.2) is 0 Å². The third kappa shape index (κ3) is 4.65. The number of carbonyl (C=O) groups excluding carboxylic acids is 1. The van der Waals surface area contributed by atoms with E-state index < -0.39 is 11.5 Å². The van der Waals surface area contributed by atoms with Crippen LogP contribution in [0.5, 0.6) is 0 Å². The van der Waals surface area contributed by atoms with Gasteiger partial charge in [-0.15, -0.1) is 0 Å². The minimum atomic E-state index is -0.472. The Hall–Kier alpha value is -3.65. The lowest BCUT2D eigenvalue weighted by Crippen LogP contribution is -2.44. The van der Waals surface area contributed by atoms with Gasteiger partial charge < -0.3 is 25.4 Å². The fourth-order valence-corrected chi connectivity index (χ4v) is 3.72. The van der Waals surface area contributed by atoms with Crippen LogP contribution in [-0.4, -0.2) is 54.0 Å². The van der Waals surface area contributed by atoms with E-state index in [9.17, 15) is 9.59 Å². The number of aryl methyl sites for hydroxylation is 1. The zero-order valence-corrected chi connectivity index (χ0v) is 18.6. The van der Waals surface area contributed by atoms with Crippen molar-refractivity contribution in [1.82, 2.24) is 14.9 Å². The number of carbonyl (C=O) groups is 1. The van der Waals surface area contributed by atoms with Crippen molar-refractivity contribution in [3.05, 3.63) is 76.0 Å². The van der Waals surface area contributed by atoms with Gasteiger partial charge in [-0.1, -0.05) is 0 Å². The number of piperazine rings is 1. The molecule has 1 fully saturated rings. The molecule has 0 aliphatic carbocycles. The van der Waals surface area contributed by atoms with E-state index >= 15 is 0 Å². The zero-order valence-electron chi connectivity index (χ0n) is 18.6. The minimum Gasteiger partial charge on any atom is -0.369 e. The Kier molecular flexibility index (Phi) is 6.23. The number of pyridine rings is 2. The number of rotatable bonds is 5. The summed E-state index contributed by atoms with van der Waals surface area (Å²) in [7, 11) is 2.13. The fraction of sp³-hybridized carbons (Fsp3) is 0.292. The Morgan fingerprint density at radius 2 is 1.72 bits per heavy atom. The van der Waals surface area contributed by atoms with Gasteiger partial charge >= 0.3 is 0 Å². The second-order valence-corrected chi connectivity index (χ2v) is 8.14. The van der Waals surface area contributed by atoms with Crippen LogP contribution < -0.4 is 21.1 Å². The SMILES string of the molecule is Cc1cncc(Nc2cc[nH]c(=O)c2C(=O)Nc2ccc(N3CCN(C)CC3)cc2)c1C. The summed E-state index contributed by atoms with van der Waals surface area (Å²) in [6.07, 6.45) is 4.98. The number of H-pyrrole nitrogens is 1. The maximum atomic E-state index is 13.0. The van der Waals surface area contributed by atoms with E-state index in [1.54, 1.807) is 18.5 Å². The molecule has 1 saturated heterocycles. The lowest BCUT2D eigenvalue weighted by atomic mass is 10.1. The van der Waals surface area contributed by atoms with Crippen LogP contribution in [0.3, 0.4) is 0 Å². The molecule has 4 rings (SSSR count). The summed E-state index contributed by atoms with van der Waals surface area (Å²) in [5.74, 6) is -0.472. The van der Waals surface area contributed by atoms with E-state index in [1.807, 2.05) is 38.1 Å². The largest absolute Gasteiger partial charge is 0.369 e. The van der Waals surface area contributed by atoms with Crippen molar-refractivity contribution >= 4 is 28.7 Å². The second kappa shape index (κ2) is 9.23. The molecule has 0 atom stereocenters. The molecule has 0 unspecified atom stereocenters. The molecule has 0 saturated carbocycles. The number of hydrogen-bond donors (Lipinski definition) is 3. The molecule has 166 valence electrons. The number of aromatic amines is 1. The van der Waals surface area contributed by atoms with E-state index in [-0.39, 0.29) is 5.56 Å². The fourth-order valence-electron chi connectivity index (χ4n) is 3.72. The van der Waals surface area contributed by atoms with Crippen LogP contribution in [0.4, 0.5) is 22.7 Å². The highest BCUT2D eigenvalue weighted by Crippen LogP contribution is 2.24. The zero-order chi connectivity index (χ0) is 22.7. The Morgan fingerprint density at radius 1 is 1.00 bits per heavy atom. The Labute approximate surface area is 187 Å². The molecule has 2 aromatic heterocycles. The predicted molar refractivity (Wildman–Crippen MR) is 128 cm³/mol. The summed E-state index contributed by atoms with van der Waals surface area (Å²) in [4.78, 5) is 37.0. The van der Waals surface area contributed by atoms with E-state index in [4.69, 9.17) is 0 Å². The normalized spacial score (nSPS) is 14.3. The van der Waals surface area contributed by atoms with Crippen molar-refractivity contribution in [1.29, 1.82) is 0 Å². The molecule has 3 N–H and O–H groups in total. The summed E-state index contributed by atoms with van der Waals surface area (Å²) in [5, 5.41) is 6.04. The van der Waals surface area contributed by atoms with Crippen LogP contribution in [0.25, 0.3) is 0 Å². The highest BCUT2D eigenvalue weighted by molar-refractivity contribution is 6.08. The first-order valence-electron chi connectivity index (χ1n) is 10.7. The van der Waals surface area contributed by atoms with E-state index in [2.05, 4.69) is 37.4 Å². The Bertz CT molecular complexity index is 1160. The molecule has 1 aromatic carbocycles. The van der Waals surface area contributed by atoms with Gasteiger partial charge in [-0.25, -0.2) is 0 Å². The van der Waals surface area contributed by atoms with Crippen molar-refractivity contribution in [3.8, 4) is 0 Å². The molecule has 3 heterocycles. The third-order valence-electron chi connectivity index (χ3n) is 5.92.